The molecule has 1 atom stereocenters. The average Bonchev–Trinajstić information content (AvgIpc) is 2.57. The maximum Gasteiger partial charge on any atom is 0.255 e. The van der Waals surface area contributed by atoms with Crippen LogP contribution in [0.15, 0.2) is 42.6 Å². The minimum absolute atomic E-state index is 0.0904. The fraction of sp³-hybridized carbons (Fsp3) is 0.118. The molecule has 3 aromatic rings. The van der Waals surface area contributed by atoms with Gasteiger partial charge >= 0.3 is 0 Å². The molecule has 0 aliphatic carbocycles. The summed E-state index contributed by atoms with van der Waals surface area (Å²) in [5.41, 5.74) is 10.7. The van der Waals surface area contributed by atoms with Crippen molar-refractivity contribution in [1.29, 1.82) is 0 Å². The van der Waals surface area contributed by atoms with Gasteiger partial charge in [-0.05, 0) is 12.1 Å². The highest BCUT2D eigenvalue weighted by molar-refractivity contribution is 6.11. The van der Waals surface area contributed by atoms with Gasteiger partial charge in [-0.3, -0.25) is 0 Å². The average molecular weight is 294 g/mol. The van der Waals surface area contributed by atoms with Crippen molar-refractivity contribution < 1.29 is 15.2 Å². The summed E-state index contributed by atoms with van der Waals surface area (Å²) in [5.74, 6) is 0.101. The number of phenols is 1. The number of fused-ring (bicyclic) bond motifs is 2. The van der Waals surface area contributed by atoms with E-state index in [4.69, 9.17) is 5.73 Å². The van der Waals surface area contributed by atoms with E-state index in [0.29, 0.717) is 11.1 Å². The predicted octanol–water partition coefficient (Wildman–Crippen LogP) is 2.08. The number of phenolic OH excluding ortho intramolecular Hbond substituents is 1. The molecule has 6 N–H and O–H groups in total. The number of benzene rings is 2. The lowest BCUT2D eigenvalue weighted by atomic mass is 9.91. The molecule has 110 valence electrons. The van der Waals surface area contributed by atoms with E-state index in [0.717, 1.165) is 27.9 Å². The molecule has 1 aliphatic rings. The van der Waals surface area contributed by atoms with E-state index in [-0.39, 0.29) is 12.3 Å². The first-order valence-electron chi connectivity index (χ1n) is 7.15. The first kappa shape index (κ1) is 13.1. The summed E-state index contributed by atoms with van der Waals surface area (Å²) in [7, 11) is 0. The summed E-state index contributed by atoms with van der Waals surface area (Å²) in [6, 6.07) is 11.5. The summed E-state index contributed by atoms with van der Waals surface area (Å²) >= 11 is 0. The Morgan fingerprint density at radius 3 is 2.82 bits per heavy atom. The Labute approximate surface area is 127 Å². The Kier molecular flexibility index (Phi) is 2.79. The Hall–Kier alpha value is -2.63. The van der Waals surface area contributed by atoms with Crippen molar-refractivity contribution in [1.82, 2.24) is 0 Å². The molecule has 2 aromatic carbocycles. The fourth-order valence-electron chi connectivity index (χ4n) is 3.11. The van der Waals surface area contributed by atoms with Crippen LogP contribution in [0.2, 0.25) is 0 Å². The molecule has 2 heterocycles. The third-order valence-corrected chi connectivity index (χ3v) is 4.14. The quantitative estimate of drug-likeness (QED) is 0.426. The van der Waals surface area contributed by atoms with Crippen molar-refractivity contribution in [2.75, 3.05) is 11.9 Å². The molecule has 1 aliphatic heterocycles. The summed E-state index contributed by atoms with van der Waals surface area (Å²) in [4.78, 5) is 3.08. The zero-order valence-corrected chi connectivity index (χ0v) is 11.8. The number of aromatic nitrogens is 1. The van der Waals surface area contributed by atoms with Crippen LogP contribution in [0.25, 0.3) is 22.0 Å². The molecule has 1 aromatic heterocycles. The smallest absolute Gasteiger partial charge is 0.255 e. The van der Waals surface area contributed by atoms with Gasteiger partial charge in [0.05, 0.1) is 17.2 Å². The van der Waals surface area contributed by atoms with Gasteiger partial charge in [-0.1, -0.05) is 18.2 Å². The number of anilines is 2. The second-order valence-electron chi connectivity index (χ2n) is 5.42. The minimum atomic E-state index is -0.837. The van der Waals surface area contributed by atoms with Crippen LogP contribution in [0.3, 0.4) is 0 Å². The SMILES string of the molecule is NCC(O)c1cc(O)c2[nH+]ccc3c2c1Nc1ccccc1-3. The van der Waals surface area contributed by atoms with Gasteiger partial charge in [-0.15, -0.1) is 0 Å². The molecule has 5 nitrogen and oxygen atoms in total. The van der Waals surface area contributed by atoms with Crippen molar-refractivity contribution in [3.63, 3.8) is 0 Å². The molecule has 5 heteroatoms. The molecule has 0 spiro atoms. The first-order valence-corrected chi connectivity index (χ1v) is 7.15. The molecule has 0 saturated carbocycles. The highest BCUT2D eigenvalue weighted by Crippen LogP contribution is 2.47. The Morgan fingerprint density at radius 1 is 1.18 bits per heavy atom. The van der Waals surface area contributed by atoms with Crippen LogP contribution in [-0.4, -0.2) is 16.8 Å². The minimum Gasteiger partial charge on any atom is -0.502 e. The molecule has 0 fully saturated rings. The highest BCUT2D eigenvalue weighted by atomic mass is 16.3. The molecule has 0 amide bonds. The second kappa shape index (κ2) is 4.69. The number of rotatable bonds is 2. The number of pyridine rings is 1. The number of aliphatic hydroxyl groups is 1. The summed E-state index contributed by atoms with van der Waals surface area (Å²) in [6.07, 6.45) is 0.971. The monoisotopic (exact) mass is 294 g/mol. The number of para-hydroxylation sites is 1. The van der Waals surface area contributed by atoms with E-state index >= 15 is 0 Å². The van der Waals surface area contributed by atoms with Crippen molar-refractivity contribution in [3.8, 4) is 16.9 Å². The van der Waals surface area contributed by atoms with Gasteiger partial charge in [-0.2, -0.15) is 0 Å². The summed E-state index contributed by atoms with van der Waals surface area (Å²) in [6.45, 7) is 0.0904. The van der Waals surface area contributed by atoms with Crippen LogP contribution in [0.1, 0.15) is 11.7 Å². The van der Waals surface area contributed by atoms with E-state index in [1.54, 1.807) is 6.07 Å². The highest BCUT2D eigenvalue weighted by Gasteiger charge is 2.27. The number of aliphatic hydroxyl groups excluding tert-OH is 1. The van der Waals surface area contributed by atoms with Gasteiger partial charge in [0.2, 0.25) is 0 Å². The third kappa shape index (κ3) is 1.70. The van der Waals surface area contributed by atoms with Gasteiger partial charge in [0.15, 0.2) is 11.9 Å². The van der Waals surface area contributed by atoms with Crippen molar-refractivity contribution in [2.45, 2.75) is 6.10 Å². The molecule has 1 unspecified atom stereocenters. The Bertz CT molecular complexity index is 892. The topological polar surface area (TPSA) is 92.7 Å². The molecule has 0 bridgehead atoms. The van der Waals surface area contributed by atoms with Gasteiger partial charge in [0.25, 0.3) is 5.52 Å². The standard InChI is InChI=1S/C17H15N3O2/c18-8-14(22)11-7-13(21)17-15-10(5-6-19-17)9-3-1-2-4-12(9)20-16(11)15/h1-7,14,20-22H,8,18H2/p+1. The van der Waals surface area contributed by atoms with Crippen LogP contribution in [0.4, 0.5) is 11.4 Å². The number of H-pyrrole nitrogens is 1. The lowest BCUT2D eigenvalue weighted by Crippen LogP contribution is -2.16. The predicted molar refractivity (Wildman–Crippen MR) is 84.9 cm³/mol. The zero-order valence-electron chi connectivity index (χ0n) is 11.8. The fourth-order valence-corrected chi connectivity index (χ4v) is 3.11. The van der Waals surface area contributed by atoms with E-state index in [1.165, 1.54) is 0 Å². The summed E-state index contributed by atoms with van der Waals surface area (Å²) in [5, 5.41) is 24.7. The van der Waals surface area contributed by atoms with E-state index in [9.17, 15) is 10.2 Å². The molecule has 0 saturated heterocycles. The van der Waals surface area contributed by atoms with Gasteiger partial charge in [0, 0.05) is 35.0 Å². The maximum atomic E-state index is 10.3. The molecule has 4 rings (SSSR count). The van der Waals surface area contributed by atoms with Gasteiger partial charge in [-0.25, -0.2) is 4.98 Å². The third-order valence-electron chi connectivity index (χ3n) is 4.14. The number of nitrogens with one attached hydrogen (secondary N) is 2. The van der Waals surface area contributed by atoms with Crippen molar-refractivity contribution in [3.05, 3.63) is 48.2 Å². The van der Waals surface area contributed by atoms with Gasteiger partial charge < -0.3 is 21.3 Å². The van der Waals surface area contributed by atoms with Crippen LogP contribution in [0, 0.1) is 0 Å². The molecular formula is C17H16N3O2+. The van der Waals surface area contributed by atoms with E-state index in [2.05, 4.69) is 10.3 Å². The number of aromatic hydroxyl groups is 1. The van der Waals surface area contributed by atoms with Crippen LogP contribution in [-0.2, 0) is 0 Å². The largest absolute Gasteiger partial charge is 0.502 e. The lowest BCUT2D eigenvalue weighted by molar-refractivity contribution is -0.345. The van der Waals surface area contributed by atoms with E-state index in [1.807, 2.05) is 36.5 Å². The van der Waals surface area contributed by atoms with Crippen LogP contribution >= 0.6 is 0 Å². The molecule has 0 radical (unpaired) electrons. The normalized spacial score (nSPS) is 13.5. The van der Waals surface area contributed by atoms with E-state index < -0.39 is 6.10 Å². The number of aromatic amines is 1. The van der Waals surface area contributed by atoms with Crippen LogP contribution < -0.4 is 16.0 Å². The Balaban J connectivity index is 2.15. The maximum absolute atomic E-state index is 10.3. The number of hydrogen-bond donors (Lipinski definition) is 4. The number of nitrogens with two attached hydrogens (primary N) is 1. The molecular weight excluding hydrogens is 278 g/mol. The Morgan fingerprint density at radius 2 is 2.00 bits per heavy atom. The van der Waals surface area contributed by atoms with Crippen molar-refractivity contribution in [2.24, 2.45) is 5.73 Å². The second-order valence-corrected chi connectivity index (χ2v) is 5.42. The lowest BCUT2D eigenvalue weighted by Gasteiger charge is -2.24. The first-order chi connectivity index (χ1) is 10.7. The summed E-state index contributed by atoms with van der Waals surface area (Å²) < 4.78 is 0. The van der Waals surface area contributed by atoms with Crippen LogP contribution in [0.5, 0.6) is 5.75 Å². The molecule has 22 heavy (non-hydrogen) atoms. The van der Waals surface area contributed by atoms with Crippen molar-refractivity contribution >= 4 is 22.3 Å². The zero-order chi connectivity index (χ0) is 15.3. The number of hydrogen-bond acceptors (Lipinski definition) is 4. The van der Waals surface area contributed by atoms with Gasteiger partial charge in [0.1, 0.15) is 0 Å².